The molecule has 1 aliphatic carbocycles. The number of nitro groups is 1. The number of nitrogens with one attached hydrogen (secondary N) is 2. The van der Waals surface area contributed by atoms with Crippen molar-refractivity contribution in [2.45, 2.75) is 18.9 Å². The van der Waals surface area contributed by atoms with Gasteiger partial charge in [0, 0.05) is 31.3 Å². The standard InChI is InChI=1S/C11H14FN3O2/c12-8-1-4-11(15(16)17)10(7-8)14-6-5-13-9-2-3-9/h1,4,7,9,13-14H,2-3,5-6H2. The van der Waals surface area contributed by atoms with E-state index in [-0.39, 0.29) is 11.4 Å². The normalized spacial score (nSPS) is 14.6. The molecule has 0 aliphatic heterocycles. The van der Waals surface area contributed by atoms with E-state index in [1.54, 1.807) is 0 Å². The van der Waals surface area contributed by atoms with E-state index >= 15 is 0 Å². The van der Waals surface area contributed by atoms with Gasteiger partial charge in [-0.2, -0.15) is 0 Å². The topological polar surface area (TPSA) is 67.2 Å². The molecule has 6 heteroatoms. The molecule has 1 aliphatic rings. The van der Waals surface area contributed by atoms with E-state index in [0.717, 1.165) is 18.7 Å². The maximum absolute atomic E-state index is 13.0. The Morgan fingerprint density at radius 1 is 1.41 bits per heavy atom. The lowest BCUT2D eigenvalue weighted by molar-refractivity contribution is -0.384. The van der Waals surface area contributed by atoms with Crippen LogP contribution in [0.5, 0.6) is 0 Å². The van der Waals surface area contributed by atoms with Gasteiger partial charge >= 0.3 is 0 Å². The SMILES string of the molecule is O=[N+]([O-])c1ccc(F)cc1NCCNC1CC1. The second-order valence-electron chi connectivity index (χ2n) is 4.07. The monoisotopic (exact) mass is 239 g/mol. The molecule has 92 valence electrons. The average Bonchev–Trinajstić information content (AvgIpc) is 3.08. The fraction of sp³-hybridized carbons (Fsp3) is 0.455. The van der Waals surface area contributed by atoms with Crippen molar-refractivity contribution < 1.29 is 9.31 Å². The molecule has 0 heterocycles. The number of hydrogen-bond donors (Lipinski definition) is 2. The zero-order chi connectivity index (χ0) is 12.3. The summed E-state index contributed by atoms with van der Waals surface area (Å²) in [5, 5.41) is 16.8. The maximum atomic E-state index is 13.0. The molecular formula is C11H14FN3O2. The molecular weight excluding hydrogens is 225 g/mol. The summed E-state index contributed by atoms with van der Waals surface area (Å²) in [7, 11) is 0. The highest BCUT2D eigenvalue weighted by molar-refractivity contribution is 5.61. The molecule has 1 aromatic carbocycles. The average molecular weight is 239 g/mol. The molecule has 0 aromatic heterocycles. The van der Waals surface area contributed by atoms with E-state index in [1.807, 2.05) is 0 Å². The molecule has 0 spiro atoms. The quantitative estimate of drug-likeness (QED) is 0.452. The molecule has 5 nitrogen and oxygen atoms in total. The molecule has 0 atom stereocenters. The lowest BCUT2D eigenvalue weighted by Gasteiger charge is -2.07. The summed E-state index contributed by atoms with van der Waals surface area (Å²) in [6.07, 6.45) is 2.39. The minimum absolute atomic E-state index is 0.0992. The van der Waals surface area contributed by atoms with Crippen molar-refractivity contribution in [3.05, 3.63) is 34.1 Å². The molecule has 1 fully saturated rings. The van der Waals surface area contributed by atoms with Crippen molar-refractivity contribution in [1.29, 1.82) is 0 Å². The Bertz CT molecular complexity index is 421. The van der Waals surface area contributed by atoms with E-state index in [0.29, 0.717) is 12.6 Å². The third-order valence-corrected chi connectivity index (χ3v) is 2.61. The van der Waals surface area contributed by atoms with E-state index in [9.17, 15) is 14.5 Å². The molecule has 2 rings (SSSR count). The largest absolute Gasteiger partial charge is 0.378 e. The minimum atomic E-state index is -0.518. The second kappa shape index (κ2) is 5.09. The van der Waals surface area contributed by atoms with E-state index in [2.05, 4.69) is 10.6 Å². The van der Waals surface area contributed by atoms with Crippen LogP contribution in [0.1, 0.15) is 12.8 Å². The van der Waals surface area contributed by atoms with Gasteiger partial charge in [0.15, 0.2) is 0 Å². The highest BCUT2D eigenvalue weighted by Crippen LogP contribution is 2.24. The summed E-state index contributed by atoms with van der Waals surface area (Å²) in [5.74, 6) is -0.478. The van der Waals surface area contributed by atoms with Gasteiger partial charge in [0.05, 0.1) is 4.92 Å². The van der Waals surface area contributed by atoms with E-state index in [4.69, 9.17) is 0 Å². The molecule has 0 radical (unpaired) electrons. The van der Waals surface area contributed by atoms with Crippen molar-refractivity contribution in [3.8, 4) is 0 Å². The third-order valence-electron chi connectivity index (χ3n) is 2.61. The van der Waals surface area contributed by atoms with Crippen LogP contribution in [0, 0.1) is 15.9 Å². The number of halogens is 1. The fourth-order valence-corrected chi connectivity index (χ4v) is 1.57. The first-order chi connectivity index (χ1) is 8.16. The first-order valence-corrected chi connectivity index (χ1v) is 5.58. The first kappa shape index (κ1) is 11.8. The van der Waals surface area contributed by atoms with Crippen LogP contribution in [0.15, 0.2) is 18.2 Å². The molecule has 1 saturated carbocycles. The Labute approximate surface area is 98.2 Å². The summed E-state index contributed by atoms with van der Waals surface area (Å²) >= 11 is 0. The zero-order valence-corrected chi connectivity index (χ0v) is 9.28. The highest BCUT2D eigenvalue weighted by Gasteiger charge is 2.20. The van der Waals surface area contributed by atoms with Gasteiger partial charge in [-0.05, 0) is 18.9 Å². The lowest BCUT2D eigenvalue weighted by Crippen LogP contribution is -2.24. The van der Waals surface area contributed by atoms with Gasteiger partial charge in [-0.3, -0.25) is 10.1 Å². The van der Waals surface area contributed by atoms with Gasteiger partial charge in [0.1, 0.15) is 11.5 Å². The molecule has 17 heavy (non-hydrogen) atoms. The number of anilines is 1. The Balaban J connectivity index is 1.92. The fourth-order valence-electron chi connectivity index (χ4n) is 1.57. The summed E-state index contributed by atoms with van der Waals surface area (Å²) in [5.41, 5.74) is 0.130. The van der Waals surface area contributed by atoms with Gasteiger partial charge in [0.25, 0.3) is 5.69 Å². The Hall–Kier alpha value is -1.69. The number of benzene rings is 1. The number of rotatable bonds is 6. The van der Waals surface area contributed by atoms with Crippen molar-refractivity contribution in [1.82, 2.24) is 5.32 Å². The second-order valence-corrected chi connectivity index (χ2v) is 4.07. The number of nitro benzene ring substituents is 1. The van der Waals surface area contributed by atoms with Crippen LogP contribution in [-0.4, -0.2) is 24.1 Å². The summed E-state index contributed by atoms with van der Waals surface area (Å²) < 4.78 is 13.0. The Kier molecular flexibility index (Phi) is 3.53. The van der Waals surface area contributed by atoms with E-state index < -0.39 is 10.7 Å². The summed E-state index contributed by atoms with van der Waals surface area (Å²) in [6, 6.07) is 4.01. The zero-order valence-electron chi connectivity index (χ0n) is 9.28. The first-order valence-electron chi connectivity index (χ1n) is 5.58. The third kappa shape index (κ3) is 3.39. The van der Waals surface area contributed by atoms with Gasteiger partial charge < -0.3 is 10.6 Å². The Morgan fingerprint density at radius 2 is 2.18 bits per heavy atom. The van der Waals surface area contributed by atoms with Crippen LogP contribution >= 0.6 is 0 Å². The van der Waals surface area contributed by atoms with Crippen molar-refractivity contribution in [3.63, 3.8) is 0 Å². The van der Waals surface area contributed by atoms with Crippen LogP contribution < -0.4 is 10.6 Å². The van der Waals surface area contributed by atoms with Gasteiger partial charge in [-0.25, -0.2) is 4.39 Å². The minimum Gasteiger partial charge on any atom is -0.378 e. The predicted octanol–water partition coefficient (Wildman–Crippen LogP) is 1.90. The van der Waals surface area contributed by atoms with Crippen LogP contribution in [0.3, 0.4) is 0 Å². The van der Waals surface area contributed by atoms with Crippen molar-refractivity contribution >= 4 is 11.4 Å². The van der Waals surface area contributed by atoms with Crippen LogP contribution in [0.25, 0.3) is 0 Å². The van der Waals surface area contributed by atoms with Crippen LogP contribution in [0.2, 0.25) is 0 Å². The van der Waals surface area contributed by atoms with Crippen molar-refractivity contribution in [2.24, 2.45) is 0 Å². The molecule has 2 N–H and O–H groups in total. The lowest BCUT2D eigenvalue weighted by atomic mass is 10.2. The van der Waals surface area contributed by atoms with Crippen LogP contribution in [-0.2, 0) is 0 Å². The van der Waals surface area contributed by atoms with Crippen LogP contribution in [0.4, 0.5) is 15.8 Å². The van der Waals surface area contributed by atoms with Gasteiger partial charge in [-0.1, -0.05) is 0 Å². The maximum Gasteiger partial charge on any atom is 0.292 e. The number of nitrogens with zero attached hydrogens (tertiary/aromatic N) is 1. The number of hydrogen-bond acceptors (Lipinski definition) is 4. The molecule has 1 aromatic rings. The predicted molar refractivity (Wildman–Crippen MR) is 62.6 cm³/mol. The Morgan fingerprint density at radius 3 is 2.82 bits per heavy atom. The molecule has 0 amide bonds. The van der Waals surface area contributed by atoms with Gasteiger partial charge in [-0.15, -0.1) is 0 Å². The highest BCUT2D eigenvalue weighted by atomic mass is 19.1. The summed E-state index contributed by atoms with van der Waals surface area (Å²) in [6.45, 7) is 1.26. The molecule has 0 unspecified atom stereocenters. The van der Waals surface area contributed by atoms with Crippen molar-refractivity contribution in [2.75, 3.05) is 18.4 Å². The summed E-state index contributed by atoms with van der Waals surface area (Å²) in [4.78, 5) is 10.2. The smallest absolute Gasteiger partial charge is 0.292 e. The van der Waals surface area contributed by atoms with E-state index in [1.165, 1.54) is 18.9 Å². The van der Waals surface area contributed by atoms with Gasteiger partial charge in [0.2, 0.25) is 0 Å². The molecule has 0 bridgehead atoms. The molecule has 0 saturated heterocycles.